The fraction of sp³-hybridized carbons (Fsp3) is 0.258. The molecule has 3 heteroatoms. The Morgan fingerprint density at radius 2 is 1.03 bits per heavy atom. The van der Waals surface area contributed by atoms with Gasteiger partial charge in [0, 0.05) is 0 Å². The quantitative estimate of drug-likeness (QED) is 0.181. The molecule has 0 heterocycles. The monoisotopic (exact) mass is 490 g/mol. The summed E-state index contributed by atoms with van der Waals surface area (Å²) in [6.07, 6.45) is 2.25. The average molecular weight is 491 g/mol. The van der Waals surface area contributed by atoms with E-state index in [1.165, 1.54) is 57.6 Å². The molecule has 0 aliphatic heterocycles. The summed E-state index contributed by atoms with van der Waals surface area (Å²) in [5, 5.41) is 24.3. The molecule has 0 aliphatic rings. The minimum absolute atomic E-state index is 0.0833. The van der Waals surface area contributed by atoms with E-state index in [0.717, 1.165) is 12.8 Å². The molecular formula is C31H38O2Ti-2. The van der Waals surface area contributed by atoms with E-state index in [0.29, 0.717) is 0 Å². The standard InChI is InChI=1S/2C12H13.2C3H6O.CH2.Ti/c2*1-3-10-5-4-6-11-7-9(2)8-12(10)11;2*1-3(2)4;;/h2*4-8H,3H2,1-2H3;2*4H,1H2,2H3;1H2;/q2*-1;;;;+2/p-2. The molecule has 34 heavy (non-hydrogen) atoms. The molecule has 0 fully saturated rings. The summed E-state index contributed by atoms with van der Waals surface area (Å²) < 4.78 is 0. The number of aryl methyl sites for hydroxylation is 4. The van der Waals surface area contributed by atoms with Crippen molar-refractivity contribution in [2.45, 2.75) is 54.4 Å². The third-order valence-corrected chi connectivity index (χ3v) is 4.73. The third kappa shape index (κ3) is 11.5. The van der Waals surface area contributed by atoms with Crippen LogP contribution in [0.25, 0.3) is 21.5 Å². The van der Waals surface area contributed by atoms with Gasteiger partial charge in [-0.2, -0.15) is 12.1 Å². The second kappa shape index (κ2) is 16.9. The molecule has 0 radical (unpaired) electrons. The molecule has 0 aliphatic carbocycles. The predicted molar refractivity (Wildman–Crippen MR) is 144 cm³/mol. The molecule has 0 aromatic heterocycles. The van der Waals surface area contributed by atoms with E-state index < -0.39 is 0 Å². The van der Waals surface area contributed by atoms with Gasteiger partial charge >= 0.3 is 24.8 Å². The van der Waals surface area contributed by atoms with Gasteiger partial charge in [-0.3, -0.25) is 0 Å². The van der Waals surface area contributed by atoms with Crippen LogP contribution < -0.4 is 10.2 Å². The van der Waals surface area contributed by atoms with Crippen molar-refractivity contribution >= 4 is 26.4 Å². The molecule has 0 spiro atoms. The number of allylic oxidation sites excluding steroid dienone is 2. The van der Waals surface area contributed by atoms with Gasteiger partial charge in [0.25, 0.3) is 0 Å². The summed E-state index contributed by atoms with van der Waals surface area (Å²) in [7, 11) is 0. The van der Waals surface area contributed by atoms with Gasteiger partial charge in [-0.1, -0.05) is 64.8 Å². The van der Waals surface area contributed by atoms with E-state index in [2.05, 4.69) is 106 Å². The van der Waals surface area contributed by atoms with Crippen LogP contribution in [0.2, 0.25) is 0 Å². The van der Waals surface area contributed by atoms with Gasteiger partial charge in [-0.25, -0.2) is 0 Å². The Kier molecular flexibility index (Phi) is 15.5. The summed E-state index contributed by atoms with van der Waals surface area (Å²) in [6, 6.07) is 22.1. The number of hydrogen-bond donors (Lipinski definition) is 0. The normalized spacial score (nSPS) is 9.29. The molecule has 2 nitrogen and oxygen atoms in total. The molecular weight excluding hydrogens is 452 g/mol. The molecule has 0 bridgehead atoms. The molecule has 4 rings (SSSR count). The molecule has 4 aromatic rings. The van der Waals surface area contributed by atoms with Crippen molar-refractivity contribution in [1.82, 2.24) is 0 Å². The van der Waals surface area contributed by atoms with E-state index >= 15 is 0 Å². The molecule has 180 valence electrons. The maximum absolute atomic E-state index is 9.33. The van der Waals surface area contributed by atoms with E-state index in [1.807, 2.05) is 0 Å². The number of fused-ring (bicyclic) bond motifs is 2. The van der Waals surface area contributed by atoms with Crippen LogP contribution in [0.5, 0.6) is 0 Å². The fourth-order valence-electron chi connectivity index (χ4n) is 3.52. The number of rotatable bonds is 2. The topological polar surface area (TPSA) is 46.1 Å². The third-order valence-electron chi connectivity index (χ3n) is 4.73. The summed E-state index contributed by atoms with van der Waals surface area (Å²) in [4.78, 5) is 3.25. The van der Waals surface area contributed by atoms with Crippen molar-refractivity contribution in [2.24, 2.45) is 0 Å². The Labute approximate surface area is 217 Å². The van der Waals surface area contributed by atoms with Crippen LogP contribution in [0.4, 0.5) is 0 Å². The molecule has 0 saturated carbocycles. The number of hydrogen-bond acceptors (Lipinski definition) is 2. The summed E-state index contributed by atoms with van der Waals surface area (Å²) in [5.74, 6) is -0.167. The first kappa shape index (κ1) is 31.3. The van der Waals surface area contributed by atoms with Crippen LogP contribution in [0, 0.1) is 13.8 Å². The second-order valence-electron chi connectivity index (χ2n) is 8.02. The van der Waals surface area contributed by atoms with Gasteiger partial charge in [0.05, 0.1) is 0 Å². The Bertz CT molecular complexity index is 1060. The Hall–Kier alpha value is -2.68. The fourth-order valence-corrected chi connectivity index (χ4v) is 3.52. The zero-order valence-corrected chi connectivity index (χ0v) is 23.2. The van der Waals surface area contributed by atoms with E-state index in [4.69, 9.17) is 0 Å². The molecule has 0 saturated heterocycles. The van der Waals surface area contributed by atoms with Gasteiger partial charge in [0.2, 0.25) is 0 Å². The first-order chi connectivity index (χ1) is 16.1. The van der Waals surface area contributed by atoms with Crippen molar-refractivity contribution in [3.63, 3.8) is 0 Å². The van der Waals surface area contributed by atoms with Crippen molar-refractivity contribution in [2.75, 3.05) is 0 Å². The second-order valence-corrected chi connectivity index (χ2v) is 8.02. The maximum atomic E-state index is 9.33. The van der Waals surface area contributed by atoms with Gasteiger partial charge in [-0.05, 0) is 12.8 Å². The van der Waals surface area contributed by atoms with Gasteiger partial charge in [-0.15, -0.1) is 93.7 Å². The number of benzene rings is 2. The average Bonchev–Trinajstić information content (AvgIpc) is 3.35. The van der Waals surface area contributed by atoms with E-state index in [1.54, 1.807) is 20.0 Å². The van der Waals surface area contributed by atoms with E-state index in [9.17, 15) is 10.2 Å². The van der Waals surface area contributed by atoms with E-state index in [-0.39, 0.29) is 11.5 Å². The Morgan fingerprint density at radius 1 is 0.735 bits per heavy atom. The zero-order valence-electron chi connectivity index (χ0n) is 21.6. The van der Waals surface area contributed by atoms with Crippen LogP contribution in [-0.4, -0.2) is 4.82 Å². The van der Waals surface area contributed by atoms with Gasteiger partial charge in [0.15, 0.2) is 0 Å². The van der Waals surface area contributed by atoms with Crippen LogP contribution in [0.15, 0.2) is 85.3 Å². The Morgan fingerprint density at radius 3 is 1.29 bits per heavy atom. The Balaban J connectivity index is 0.000000466. The van der Waals surface area contributed by atoms with Gasteiger partial charge < -0.3 is 10.2 Å². The first-order valence-corrected chi connectivity index (χ1v) is 12.5. The van der Waals surface area contributed by atoms with Crippen LogP contribution >= 0.6 is 0 Å². The molecule has 4 aromatic carbocycles. The van der Waals surface area contributed by atoms with Crippen LogP contribution in [0.3, 0.4) is 0 Å². The summed E-state index contributed by atoms with van der Waals surface area (Å²) >= 11 is 1.75. The van der Waals surface area contributed by atoms with Crippen molar-refractivity contribution in [3.05, 3.63) is 108 Å². The summed E-state index contributed by atoms with van der Waals surface area (Å²) in [5.41, 5.74) is 5.65. The summed E-state index contributed by atoms with van der Waals surface area (Å²) in [6.45, 7) is 17.5. The minimum atomic E-state index is -0.0833. The molecule has 0 amide bonds. The molecule has 0 unspecified atom stereocenters. The van der Waals surface area contributed by atoms with Crippen molar-refractivity contribution in [1.29, 1.82) is 0 Å². The zero-order chi connectivity index (χ0) is 26.3. The molecule has 0 atom stereocenters. The van der Waals surface area contributed by atoms with Crippen molar-refractivity contribution in [3.8, 4) is 0 Å². The first-order valence-electron chi connectivity index (χ1n) is 11.4. The van der Waals surface area contributed by atoms with Crippen molar-refractivity contribution < 1.29 is 30.2 Å². The predicted octanol–water partition coefficient (Wildman–Crippen LogP) is 6.58. The molecule has 0 N–H and O–H groups in total. The SMILES string of the molecule is C=C(C)[O-].C=C(C)[O-].CCc1cccc2[cH-]c(C)cc12.CCc1cccc2[cH-]c(C)cc12.[CH2]=[Ti+2]. The van der Waals surface area contributed by atoms with Gasteiger partial charge in [0.1, 0.15) is 0 Å². The van der Waals surface area contributed by atoms with Crippen LogP contribution in [0.1, 0.15) is 49.9 Å². The van der Waals surface area contributed by atoms with Crippen LogP contribution in [-0.2, 0) is 32.8 Å².